The Morgan fingerprint density at radius 1 is 1.14 bits per heavy atom. The van der Waals surface area contributed by atoms with E-state index in [9.17, 15) is 14.7 Å². The zero-order valence-corrected chi connectivity index (χ0v) is 20.3. The molecule has 1 amide bonds. The van der Waals surface area contributed by atoms with E-state index in [1.165, 1.54) is 0 Å². The zero-order chi connectivity index (χ0) is 22.3. The summed E-state index contributed by atoms with van der Waals surface area (Å²) in [5, 5.41) is 12.4. The lowest BCUT2D eigenvalue weighted by Gasteiger charge is -2.29. The molecular weight excluding hydrogens is 414 g/mol. The van der Waals surface area contributed by atoms with Gasteiger partial charge in [-0.1, -0.05) is 42.4 Å². The second-order valence-corrected chi connectivity index (χ2v) is 10.9. The summed E-state index contributed by atoms with van der Waals surface area (Å²) in [6, 6.07) is 0. The van der Waals surface area contributed by atoms with Crippen molar-refractivity contribution >= 4 is 33.5 Å². The summed E-state index contributed by atoms with van der Waals surface area (Å²) < 4.78 is 16.8. The second kappa shape index (κ2) is 16.2. The highest BCUT2D eigenvalue weighted by Gasteiger charge is 2.24. The zero-order valence-electron chi connectivity index (χ0n) is 18.7. The van der Waals surface area contributed by atoms with Crippen molar-refractivity contribution in [2.75, 3.05) is 31.8 Å². The van der Waals surface area contributed by atoms with E-state index in [4.69, 9.17) is 14.2 Å². The average molecular weight is 454 g/mol. The summed E-state index contributed by atoms with van der Waals surface area (Å²) >= 11 is 0. The van der Waals surface area contributed by atoms with Crippen molar-refractivity contribution < 1.29 is 28.9 Å². The topological polar surface area (TPSA) is 94.1 Å². The van der Waals surface area contributed by atoms with E-state index < -0.39 is 18.4 Å². The number of ether oxygens (including phenoxy) is 3. The third-order valence-electron chi connectivity index (χ3n) is 3.60. The molecule has 2 N–H and O–H groups in total. The number of carbonyl (C=O) groups is 2. The summed E-state index contributed by atoms with van der Waals surface area (Å²) in [6.45, 7) is 10.4. The molecule has 0 radical (unpaired) electrons. The van der Waals surface area contributed by atoms with Crippen LogP contribution in [0.25, 0.3) is 0 Å². The number of aliphatic hydroxyl groups excluding tert-OH is 1. The van der Waals surface area contributed by atoms with E-state index in [-0.39, 0.29) is 37.1 Å². The molecule has 0 aromatic carbocycles. The van der Waals surface area contributed by atoms with Crippen molar-refractivity contribution in [2.45, 2.75) is 78.8 Å². The molecule has 0 aromatic rings. The van der Waals surface area contributed by atoms with Gasteiger partial charge in [0.15, 0.2) is 6.29 Å². The third-order valence-corrected chi connectivity index (χ3v) is 5.42. The number of esters is 1. The normalized spacial score (nSPS) is 13.9. The molecule has 0 spiro atoms. The molecule has 0 saturated carbocycles. The van der Waals surface area contributed by atoms with Gasteiger partial charge >= 0.3 is 5.97 Å². The minimum atomic E-state index is -0.740. The van der Waals surface area contributed by atoms with Crippen LogP contribution >= 0.6 is 21.6 Å². The van der Waals surface area contributed by atoms with Gasteiger partial charge < -0.3 is 24.6 Å². The van der Waals surface area contributed by atoms with Crippen LogP contribution in [-0.4, -0.2) is 67.2 Å². The molecule has 29 heavy (non-hydrogen) atoms. The lowest BCUT2D eigenvalue weighted by Crippen LogP contribution is -2.35. The Bertz CT molecular complexity index is 457. The predicted molar refractivity (Wildman–Crippen MR) is 120 cm³/mol. The van der Waals surface area contributed by atoms with Gasteiger partial charge in [-0.05, 0) is 38.4 Å². The van der Waals surface area contributed by atoms with Crippen LogP contribution in [-0.2, 0) is 23.8 Å². The van der Waals surface area contributed by atoms with Crippen LogP contribution in [0.15, 0.2) is 0 Å². The molecule has 0 aliphatic carbocycles. The average Bonchev–Trinajstić information content (AvgIpc) is 2.61. The first-order valence-corrected chi connectivity index (χ1v) is 12.8. The minimum absolute atomic E-state index is 0.0128. The van der Waals surface area contributed by atoms with Crippen molar-refractivity contribution in [3.8, 4) is 0 Å². The molecule has 2 unspecified atom stereocenters. The summed E-state index contributed by atoms with van der Waals surface area (Å²) in [5.41, 5.74) is -0.0128. The van der Waals surface area contributed by atoms with Gasteiger partial charge in [-0.15, -0.1) is 0 Å². The van der Waals surface area contributed by atoms with Gasteiger partial charge in [0.1, 0.15) is 6.61 Å². The molecule has 0 aromatic heterocycles. The lowest BCUT2D eigenvalue weighted by molar-refractivity contribution is -0.220. The number of nitrogens with one attached hydrogen (secondary N) is 1. The van der Waals surface area contributed by atoms with Crippen molar-refractivity contribution in [3.05, 3.63) is 0 Å². The van der Waals surface area contributed by atoms with Crippen LogP contribution in [0.4, 0.5) is 0 Å². The van der Waals surface area contributed by atoms with E-state index in [1.54, 1.807) is 21.6 Å². The van der Waals surface area contributed by atoms with E-state index in [0.717, 1.165) is 5.75 Å². The molecule has 0 rings (SSSR count). The molecule has 9 heteroatoms. The number of amides is 1. The van der Waals surface area contributed by atoms with Crippen LogP contribution in [0.5, 0.6) is 0 Å². The van der Waals surface area contributed by atoms with Gasteiger partial charge in [-0.3, -0.25) is 9.59 Å². The molecule has 0 bridgehead atoms. The number of rotatable bonds is 16. The van der Waals surface area contributed by atoms with Crippen molar-refractivity contribution in [1.29, 1.82) is 0 Å². The summed E-state index contributed by atoms with van der Waals surface area (Å²) in [5.74, 6) is 0.404. The second-order valence-electron chi connectivity index (χ2n) is 8.20. The van der Waals surface area contributed by atoms with Gasteiger partial charge in [0.25, 0.3) is 0 Å². The van der Waals surface area contributed by atoms with Crippen LogP contribution in [0.1, 0.15) is 60.3 Å². The van der Waals surface area contributed by atoms with Crippen molar-refractivity contribution in [3.63, 3.8) is 0 Å². The largest absolute Gasteiger partial charge is 0.460 e. The summed E-state index contributed by atoms with van der Waals surface area (Å²) in [6.07, 6.45) is 2.28. The first-order valence-electron chi connectivity index (χ1n) is 10.1. The number of hydrogen-bond donors (Lipinski definition) is 2. The smallest absolute Gasteiger partial charge is 0.305 e. The van der Waals surface area contributed by atoms with Crippen molar-refractivity contribution in [1.82, 2.24) is 5.32 Å². The fourth-order valence-electron chi connectivity index (χ4n) is 2.50. The molecule has 0 aliphatic heterocycles. The van der Waals surface area contributed by atoms with Gasteiger partial charge in [-0.25, -0.2) is 0 Å². The SMILES string of the molecule is CSSCCNC(=O)CCCC(=O)OCC(OC(C)C)OC(CO)CC(C)(C)C. The van der Waals surface area contributed by atoms with E-state index in [0.29, 0.717) is 25.8 Å². The first kappa shape index (κ1) is 28.5. The molecule has 7 nitrogen and oxygen atoms in total. The highest BCUT2D eigenvalue weighted by molar-refractivity contribution is 8.76. The molecule has 172 valence electrons. The fraction of sp³-hybridized carbons (Fsp3) is 0.900. The van der Waals surface area contributed by atoms with E-state index in [1.807, 2.05) is 20.1 Å². The van der Waals surface area contributed by atoms with Gasteiger partial charge in [0.05, 0.1) is 18.8 Å². The van der Waals surface area contributed by atoms with E-state index >= 15 is 0 Å². The third kappa shape index (κ3) is 18.0. The van der Waals surface area contributed by atoms with Crippen LogP contribution in [0.2, 0.25) is 0 Å². The Morgan fingerprint density at radius 2 is 1.83 bits per heavy atom. The Labute approximate surface area is 183 Å². The molecule has 0 heterocycles. The first-order chi connectivity index (χ1) is 13.6. The van der Waals surface area contributed by atoms with Crippen molar-refractivity contribution in [2.24, 2.45) is 5.41 Å². The highest BCUT2D eigenvalue weighted by Crippen LogP contribution is 2.23. The maximum atomic E-state index is 12.0. The van der Waals surface area contributed by atoms with Crippen LogP contribution in [0.3, 0.4) is 0 Å². The van der Waals surface area contributed by atoms with Crippen LogP contribution in [0, 0.1) is 5.41 Å². The standard InChI is InChI=1S/C20H39NO6S2/c1-15(2)26-19(27-16(13-22)12-20(3,4)5)14-25-18(24)9-7-8-17(23)21-10-11-29-28-6/h15-16,19,22H,7-14H2,1-6H3,(H,21,23). The molecule has 2 atom stereocenters. The summed E-state index contributed by atoms with van der Waals surface area (Å²) in [7, 11) is 3.35. The molecular formula is C20H39NO6S2. The maximum absolute atomic E-state index is 12.0. The Balaban J connectivity index is 4.27. The number of carbonyl (C=O) groups excluding carboxylic acids is 2. The lowest BCUT2D eigenvalue weighted by atomic mass is 9.89. The van der Waals surface area contributed by atoms with Gasteiger partial charge in [-0.2, -0.15) is 0 Å². The molecule has 0 aliphatic rings. The predicted octanol–water partition coefficient (Wildman–Crippen LogP) is 3.39. The van der Waals surface area contributed by atoms with Gasteiger partial charge in [0.2, 0.25) is 5.91 Å². The maximum Gasteiger partial charge on any atom is 0.305 e. The minimum Gasteiger partial charge on any atom is -0.460 e. The highest BCUT2D eigenvalue weighted by atomic mass is 33.1. The Hall–Kier alpha value is -0.480. The summed E-state index contributed by atoms with van der Waals surface area (Å²) in [4.78, 5) is 23.7. The number of hydrogen-bond acceptors (Lipinski definition) is 8. The monoisotopic (exact) mass is 453 g/mol. The fourth-order valence-corrected chi connectivity index (χ4v) is 3.60. The Morgan fingerprint density at radius 3 is 2.38 bits per heavy atom. The van der Waals surface area contributed by atoms with Gasteiger partial charge in [0, 0.05) is 25.1 Å². The van der Waals surface area contributed by atoms with Crippen LogP contribution < -0.4 is 5.32 Å². The number of aliphatic hydroxyl groups is 1. The molecule has 0 fully saturated rings. The Kier molecular flexibility index (Phi) is 16.0. The molecule has 0 saturated heterocycles. The quantitative estimate of drug-likeness (QED) is 0.159. The van der Waals surface area contributed by atoms with E-state index in [2.05, 4.69) is 26.1 Å².